The lowest BCUT2D eigenvalue weighted by Crippen LogP contribution is -2.46. The molecule has 1 atom stereocenters. The Hall–Kier alpha value is -2.53. The number of carbonyl (C=O) groups is 1. The Labute approximate surface area is 148 Å². The highest BCUT2D eigenvalue weighted by Crippen LogP contribution is 2.16. The number of urea groups is 1. The summed E-state index contributed by atoms with van der Waals surface area (Å²) in [5, 5.41) is 3.25. The lowest BCUT2D eigenvalue weighted by molar-refractivity contribution is 0.169. The molecule has 5 nitrogen and oxygen atoms in total. The average molecular weight is 339 g/mol. The topological polar surface area (TPSA) is 67.6 Å². The zero-order chi connectivity index (χ0) is 17.5. The van der Waals surface area contributed by atoms with Crippen molar-refractivity contribution in [3.63, 3.8) is 0 Å². The van der Waals surface area contributed by atoms with Crippen LogP contribution in [0.2, 0.25) is 0 Å². The predicted octanol–water partition coefficient (Wildman–Crippen LogP) is 2.40. The summed E-state index contributed by atoms with van der Waals surface area (Å²) >= 11 is 0. The van der Waals surface area contributed by atoms with Gasteiger partial charge < -0.3 is 20.7 Å². The summed E-state index contributed by atoms with van der Waals surface area (Å²) < 4.78 is 5.78. The molecule has 2 aromatic carbocycles. The molecule has 132 valence electrons. The Morgan fingerprint density at radius 2 is 1.84 bits per heavy atom. The van der Waals surface area contributed by atoms with Crippen LogP contribution in [0.3, 0.4) is 0 Å². The quantitative estimate of drug-likeness (QED) is 0.814. The lowest BCUT2D eigenvalue weighted by Gasteiger charge is -2.26. The maximum Gasteiger partial charge on any atom is 0.315 e. The number of nitrogens with one attached hydrogen (secondary N) is 1. The van der Waals surface area contributed by atoms with E-state index < -0.39 is 0 Å². The molecule has 5 heteroatoms. The molecule has 0 aromatic heterocycles. The second kappa shape index (κ2) is 8.53. The molecule has 2 amide bonds. The van der Waals surface area contributed by atoms with E-state index in [0.29, 0.717) is 13.2 Å². The van der Waals surface area contributed by atoms with E-state index in [0.717, 1.165) is 31.7 Å². The molecule has 1 unspecified atom stereocenters. The van der Waals surface area contributed by atoms with Crippen LogP contribution in [-0.4, -0.2) is 43.2 Å². The number of nitrogens with two attached hydrogens (primary N) is 1. The van der Waals surface area contributed by atoms with Gasteiger partial charge in [0.1, 0.15) is 12.4 Å². The fraction of sp³-hybridized carbons (Fsp3) is 0.350. The zero-order valence-electron chi connectivity index (χ0n) is 14.4. The van der Waals surface area contributed by atoms with Crippen LogP contribution >= 0.6 is 0 Å². The van der Waals surface area contributed by atoms with Crippen molar-refractivity contribution in [3.8, 4) is 5.75 Å². The summed E-state index contributed by atoms with van der Waals surface area (Å²) in [6.07, 6.45) is 1.85. The van der Waals surface area contributed by atoms with Crippen molar-refractivity contribution in [2.75, 3.05) is 26.2 Å². The Morgan fingerprint density at radius 1 is 1.12 bits per heavy atom. The highest BCUT2D eigenvalue weighted by atomic mass is 16.5. The van der Waals surface area contributed by atoms with Crippen molar-refractivity contribution in [2.24, 2.45) is 5.73 Å². The smallest absolute Gasteiger partial charge is 0.315 e. The van der Waals surface area contributed by atoms with E-state index in [1.54, 1.807) is 4.90 Å². The molecule has 3 rings (SSSR count). The number of amides is 2. The number of hydrogen-bond donors (Lipinski definition) is 2. The van der Waals surface area contributed by atoms with Gasteiger partial charge in [-0.3, -0.25) is 0 Å². The second-order valence-corrected chi connectivity index (χ2v) is 6.33. The van der Waals surface area contributed by atoms with Crippen molar-refractivity contribution in [1.29, 1.82) is 0 Å². The Kier molecular flexibility index (Phi) is 5.90. The molecule has 0 saturated carbocycles. The number of benzene rings is 2. The van der Waals surface area contributed by atoms with Gasteiger partial charge in [0, 0.05) is 12.6 Å². The van der Waals surface area contributed by atoms with E-state index in [-0.39, 0.29) is 12.1 Å². The molecule has 0 radical (unpaired) electrons. The number of nitrogens with zero attached hydrogens (tertiary/aromatic N) is 1. The molecule has 1 aliphatic heterocycles. The SMILES string of the molecule is NC(=O)N(CCOc1ccc(Cc2ccccc2)cc1)C1CCNC1. The van der Waals surface area contributed by atoms with Gasteiger partial charge in [0.05, 0.1) is 6.54 Å². The van der Waals surface area contributed by atoms with Gasteiger partial charge in [-0.25, -0.2) is 4.79 Å². The standard InChI is InChI=1S/C20H25N3O2/c21-20(24)23(18-10-11-22-15-18)12-13-25-19-8-6-17(7-9-19)14-16-4-2-1-3-5-16/h1-9,18,22H,10-15H2,(H2,21,24). The van der Waals surface area contributed by atoms with Crippen LogP contribution in [0.5, 0.6) is 5.75 Å². The predicted molar refractivity (Wildman–Crippen MR) is 98.7 cm³/mol. The van der Waals surface area contributed by atoms with Crippen LogP contribution in [0.15, 0.2) is 54.6 Å². The third-order valence-corrected chi connectivity index (χ3v) is 4.53. The van der Waals surface area contributed by atoms with Gasteiger partial charge in [0.2, 0.25) is 0 Å². The van der Waals surface area contributed by atoms with Crippen molar-refractivity contribution in [1.82, 2.24) is 10.2 Å². The minimum Gasteiger partial charge on any atom is -0.492 e. The molecular weight excluding hydrogens is 314 g/mol. The molecule has 1 saturated heterocycles. The van der Waals surface area contributed by atoms with E-state index in [9.17, 15) is 4.79 Å². The first-order valence-corrected chi connectivity index (χ1v) is 8.75. The maximum atomic E-state index is 11.6. The van der Waals surface area contributed by atoms with E-state index in [2.05, 4.69) is 41.7 Å². The molecule has 25 heavy (non-hydrogen) atoms. The number of primary amides is 1. The fourth-order valence-electron chi connectivity index (χ4n) is 3.18. The summed E-state index contributed by atoms with van der Waals surface area (Å²) in [4.78, 5) is 13.3. The largest absolute Gasteiger partial charge is 0.492 e. The minimum absolute atomic E-state index is 0.175. The monoisotopic (exact) mass is 339 g/mol. The van der Waals surface area contributed by atoms with E-state index in [4.69, 9.17) is 10.5 Å². The molecule has 1 heterocycles. The summed E-state index contributed by atoms with van der Waals surface area (Å²) in [5.41, 5.74) is 8.03. The highest BCUT2D eigenvalue weighted by Gasteiger charge is 2.24. The van der Waals surface area contributed by atoms with Gasteiger partial charge in [-0.1, -0.05) is 42.5 Å². The van der Waals surface area contributed by atoms with Crippen LogP contribution in [0.25, 0.3) is 0 Å². The average Bonchev–Trinajstić information content (AvgIpc) is 3.15. The van der Waals surface area contributed by atoms with Crippen LogP contribution in [0.1, 0.15) is 17.5 Å². The van der Waals surface area contributed by atoms with Gasteiger partial charge in [0.15, 0.2) is 0 Å². The molecular formula is C20H25N3O2. The first-order chi connectivity index (χ1) is 12.2. The van der Waals surface area contributed by atoms with Crippen LogP contribution in [0.4, 0.5) is 4.79 Å². The Morgan fingerprint density at radius 3 is 2.48 bits per heavy atom. The van der Waals surface area contributed by atoms with Crippen molar-refractivity contribution >= 4 is 6.03 Å². The summed E-state index contributed by atoms with van der Waals surface area (Å²) in [6.45, 7) is 2.68. The molecule has 3 N–H and O–H groups in total. The van der Waals surface area contributed by atoms with Crippen LogP contribution < -0.4 is 15.8 Å². The Bertz CT molecular complexity index is 667. The third kappa shape index (κ3) is 4.97. The summed E-state index contributed by atoms with van der Waals surface area (Å²) in [5.74, 6) is 0.811. The molecule has 1 fully saturated rings. The zero-order valence-corrected chi connectivity index (χ0v) is 14.4. The van der Waals surface area contributed by atoms with Crippen molar-refractivity contribution in [2.45, 2.75) is 18.9 Å². The van der Waals surface area contributed by atoms with Crippen LogP contribution in [0, 0.1) is 0 Å². The fourth-order valence-corrected chi connectivity index (χ4v) is 3.18. The van der Waals surface area contributed by atoms with Gasteiger partial charge in [-0.15, -0.1) is 0 Å². The third-order valence-electron chi connectivity index (χ3n) is 4.53. The van der Waals surface area contributed by atoms with Crippen LogP contribution in [-0.2, 0) is 6.42 Å². The second-order valence-electron chi connectivity index (χ2n) is 6.33. The highest BCUT2D eigenvalue weighted by molar-refractivity contribution is 5.72. The van der Waals surface area contributed by atoms with Gasteiger partial charge >= 0.3 is 6.03 Å². The molecule has 1 aliphatic rings. The normalized spacial score (nSPS) is 16.6. The number of ether oxygens (including phenoxy) is 1. The minimum atomic E-state index is -0.379. The van der Waals surface area contributed by atoms with Gasteiger partial charge in [0.25, 0.3) is 0 Å². The van der Waals surface area contributed by atoms with Gasteiger partial charge in [-0.2, -0.15) is 0 Å². The first-order valence-electron chi connectivity index (χ1n) is 8.75. The summed E-state index contributed by atoms with van der Waals surface area (Å²) in [6, 6.07) is 18.3. The number of carbonyl (C=O) groups excluding carboxylic acids is 1. The number of hydrogen-bond acceptors (Lipinski definition) is 3. The van der Waals surface area contributed by atoms with Crippen molar-refractivity contribution in [3.05, 3.63) is 65.7 Å². The molecule has 0 bridgehead atoms. The number of rotatable bonds is 7. The van der Waals surface area contributed by atoms with Crippen molar-refractivity contribution < 1.29 is 9.53 Å². The van der Waals surface area contributed by atoms with E-state index in [1.165, 1.54) is 11.1 Å². The van der Waals surface area contributed by atoms with E-state index >= 15 is 0 Å². The first kappa shape index (κ1) is 17.3. The lowest BCUT2D eigenvalue weighted by atomic mass is 10.1. The summed E-state index contributed by atoms with van der Waals surface area (Å²) in [7, 11) is 0. The molecule has 2 aromatic rings. The molecule has 0 aliphatic carbocycles. The van der Waals surface area contributed by atoms with E-state index in [1.807, 2.05) is 18.2 Å². The molecule has 0 spiro atoms. The Balaban J connectivity index is 1.49. The van der Waals surface area contributed by atoms with Gasteiger partial charge in [-0.05, 0) is 42.6 Å². The maximum absolute atomic E-state index is 11.6.